The van der Waals surface area contributed by atoms with E-state index in [1.807, 2.05) is 0 Å². The van der Waals surface area contributed by atoms with Crippen molar-refractivity contribution < 1.29 is 9.47 Å². The van der Waals surface area contributed by atoms with Crippen LogP contribution in [0.4, 0.5) is 0 Å². The Morgan fingerprint density at radius 1 is 0.338 bits per heavy atom. The molecule has 384 valence electrons. The molecule has 0 aromatic heterocycles. The predicted molar refractivity (Wildman–Crippen MR) is 322 cm³/mol. The Bertz CT molecular complexity index is 3430. The summed E-state index contributed by atoms with van der Waals surface area (Å²) >= 11 is 0. The fraction of sp³-hybridized carbons (Fsp3) is 0.389. The molecule has 2 nitrogen and oxygen atoms in total. The topological polar surface area (TPSA) is 18.5 Å². The summed E-state index contributed by atoms with van der Waals surface area (Å²) in [5.41, 5.74) is 13.3. The van der Waals surface area contributed by atoms with Crippen LogP contribution in [-0.4, -0.2) is 0 Å². The second-order valence-electron chi connectivity index (χ2n) is 26.8. The Morgan fingerprint density at radius 2 is 0.730 bits per heavy atom. The summed E-state index contributed by atoms with van der Waals surface area (Å²) in [5.74, 6) is 4.37. The van der Waals surface area contributed by atoms with Crippen LogP contribution in [0, 0.1) is 10.8 Å². The summed E-state index contributed by atoms with van der Waals surface area (Å²) < 4.78 is 15.2. The molecule has 0 radical (unpaired) electrons. The Balaban J connectivity index is 1.49. The van der Waals surface area contributed by atoms with Crippen LogP contribution in [-0.2, 0) is 10.8 Å². The van der Waals surface area contributed by atoms with Crippen molar-refractivity contribution in [3.63, 3.8) is 0 Å². The highest BCUT2D eigenvalue weighted by atomic mass is 16.5. The Labute approximate surface area is 445 Å². The zero-order valence-corrected chi connectivity index (χ0v) is 48.2. The first-order valence-corrected chi connectivity index (χ1v) is 27.8. The molecule has 9 aromatic rings. The second-order valence-corrected chi connectivity index (χ2v) is 26.8. The monoisotopic (exact) mass is 981 g/mol. The van der Waals surface area contributed by atoms with Gasteiger partial charge < -0.3 is 9.47 Å². The van der Waals surface area contributed by atoms with Crippen LogP contribution < -0.4 is 9.47 Å². The lowest BCUT2D eigenvalue weighted by Crippen LogP contribution is -2.24. The molecule has 0 aliphatic heterocycles. The first kappa shape index (κ1) is 52.7. The van der Waals surface area contributed by atoms with Gasteiger partial charge >= 0.3 is 0 Å². The van der Waals surface area contributed by atoms with Crippen LogP contribution in [0.15, 0.2) is 133 Å². The van der Waals surface area contributed by atoms with E-state index >= 15 is 0 Å². The molecule has 0 spiro atoms. The van der Waals surface area contributed by atoms with Gasteiger partial charge in [-0.2, -0.15) is 0 Å². The lowest BCUT2D eigenvalue weighted by Gasteiger charge is -2.33. The molecule has 9 aromatic carbocycles. The van der Waals surface area contributed by atoms with Crippen molar-refractivity contribution in [3.05, 3.63) is 167 Å². The second kappa shape index (κ2) is 19.5. The van der Waals surface area contributed by atoms with E-state index in [-0.39, 0.29) is 45.3 Å². The average molecular weight is 981 g/mol. The largest absolute Gasteiger partial charge is 0.457 e. The van der Waals surface area contributed by atoms with Crippen molar-refractivity contribution in [2.75, 3.05) is 0 Å². The van der Waals surface area contributed by atoms with Crippen molar-refractivity contribution >= 4 is 43.1 Å². The Hall–Kier alpha value is -6.12. The molecule has 0 saturated heterocycles. The van der Waals surface area contributed by atoms with Gasteiger partial charge in [0.05, 0.1) is 0 Å². The number of benzene rings is 9. The molecule has 0 atom stereocenters. The van der Waals surface area contributed by atoms with Gasteiger partial charge in [-0.1, -0.05) is 222 Å². The summed E-state index contributed by atoms with van der Waals surface area (Å²) in [4.78, 5) is 0. The molecule has 2 heteroatoms. The van der Waals surface area contributed by atoms with E-state index in [0.29, 0.717) is 0 Å². The maximum absolute atomic E-state index is 7.93. The lowest BCUT2D eigenvalue weighted by atomic mass is 9.72. The molecule has 0 saturated carbocycles. The van der Waals surface area contributed by atoms with Crippen molar-refractivity contribution in [2.24, 2.45) is 10.8 Å². The molecule has 0 amide bonds. The van der Waals surface area contributed by atoms with Crippen molar-refractivity contribution in [3.8, 4) is 45.3 Å². The first-order chi connectivity index (χ1) is 34.8. The van der Waals surface area contributed by atoms with Gasteiger partial charge in [-0.25, -0.2) is 0 Å². The smallest absolute Gasteiger partial charge is 0.144 e. The van der Waals surface area contributed by atoms with E-state index in [0.717, 1.165) is 57.6 Å². The summed E-state index contributed by atoms with van der Waals surface area (Å²) in [7, 11) is 0. The minimum atomic E-state index is -0.0200. The zero-order valence-electron chi connectivity index (χ0n) is 48.2. The number of hydrogen-bond donors (Lipinski definition) is 0. The van der Waals surface area contributed by atoms with Crippen LogP contribution in [0.3, 0.4) is 0 Å². The standard InChI is InChI=1S/C72H84O2/c1-43(2)52-25-21-26-53(44(3)4)61(52)64-58-39-40-59(73-50-35-31-48(32-36-50)71(15,16)41-69(9,10)11)63-56-29-19-23-47-24-20-30-57(60(47)56)66(65(58)63)68(67(64)62-54(45(5)6)27-22-28-55(62)46(7)8)74-51-37-33-49(34-38-51)72(17,18)42-70(12,13)14/h19-40,43-46H,41-42H2,1-18H3. The van der Waals surface area contributed by atoms with Gasteiger partial charge in [0.15, 0.2) is 0 Å². The summed E-state index contributed by atoms with van der Waals surface area (Å²) in [6.07, 6.45) is 2.14. The van der Waals surface area contributed by atoms with E-state index < -0.39 is 0 Å². The molecule has 74 heavy (non-hydrogen) atoms. The number of fused-ring (bicyclic) bond motifs is 2. The molecular weight excluding hydrogens is 897 g/mol. The SMILES string of the molecule is CC(C)c1cccc(C(C)C)c1-c1c(-c2c(C(C)C)cccc2C(C)C)c2ccc(Oc3ccc(C(C)(C)CC(C)(C)C)cc3)c3c4cccc5cccc(c(c1Oc1ccc(C(C)(C)CC(C)(C)C)cc1)c23)c54. The molecule has 9 rings (SSSR count). The third-order valence-electron chi connectivity index (χ3n) is 15.7. The van der Waals surface area contributed by atoms with E-state index in [9.17, 15) is 0 Å². The average Bonchev–Trinajstić information content (AvgIpc) is 3.31. The Morgan fingerprint density at radius 3 is 1.15 bits per heavy atom. The minimum Gasteiger partial charge on any atom is -0.457 e. The number of ether oxygens (including phenoxy) is 2. The third-order valence-corrected chi connectivity index (χ3v) is 15.7. The first-order valence-electron chi connectivity index (χ1n) is 27.8. The van der Waals surface area contributed by atoms with Crippen LogP contribution >= 0.6 is 0 Å². The van der Waals surface area contributed by atoms with E-state index in [1.165, 1.54) is 77.0 Å². The van der Waals surface area contributed by atoms with Gasteiger partial charge in [-0.3, -0.25) is 0 Å². The normalized spacial score (nSPS) is 13.1. The van der Waals surface area contributed by atoms with Gasteiger partial charge in [-0.05, 0) is 166 Å². The highest BCUT2D eigenvalue weighted by Crippen LogP contribution is 2.59. The van der Waals surface area contributed by atoms with Crippen molar-refractivity contribution in [1.29, 1.82) is 0 Å². The van der Waals surface area contributed by atoms with Crippen LogP contribution in [0.1, 0.15) is 195 Å². The lowest BCUT2D eigenvalue weighted by molar-refractivity contribution is 0.283. The van der Waals surface area contributed by atoms with Gasteiger partial charge in [0.2, 0.25) is 0 Å². The zero-order chi connectivity index (χ0) is 53.4. The maximum Gasteiger partial charge on any atom is 0.144 e. The minimum absolute atomic E-state index is 0.0121. The fourth-order valence-electron chi connectivity index (χ4n) is 13.2. The van der Waals surface area contributed by atoms with Crippen molar-refractivity contribution in [2.45, 2.75) is 172 Å². The van der Waals surface area contributed by atoms with E-state index in [4.69, 9.17) is 9.47 Å². The van der Waals surface area contributed by atoms with E-state index in [1.54, 1.807) is 0 Å². The molecule has 0 aliphatic carbocycles. The molecule has 0 heterocycles. The Kier molecular flexibility index (Phi) is 13.9. The van der Waals surface area contributed by atoms with Gasteiger partial charge in [0.1, 0.15) is 23.0 Å². The number of rotatable bonds is 14. The highest BCUT2D eigenvalue weighted by Gasteiger charge is 2.34. The molecular formula is C72H84O2. The quantitative estimate of drug-likeness (QED) is 0.0798. The van der Waals surface area contributed by atoms with Crippen molar-refractivity contribution in [1.82, 2.24) is 0 Å². The third kappa shape index (κ3) is 9.96. The van der Waals surface area contributed by atoms with Gasteiger partial charge in [0.25, 0.3) is 0 Å². The number of hydrogen-bond acceptors (Lipinski definition) is 2. The van der Waals surface area contributed by atoms with Gasteiger partial charge in [0, 0.05) is 27.3 Å². The molecule has 0 aliphatic rings. The molecule has 0 fully saturated rings. The predicted octanol–water partition coefficient (Wildman–Crippen LogP) is 22.6. The molecule has 0 bridgehead atoms. The van der Waals surface area contributed by atoms with Crippen LogP contribution in [0.5, 0.6) is 23.0 Å². The van der Waals surface area contributed by atoms with E-state index in [2.05, 4.69) is 258 Å². The van der Waals surface area contributed by atoms with Gasteiger partial charge in [-0.15, -0.1) is 0 Å². The summed E-state index contributed by atoms with van der Waals surface area (Å²) in [6, 6.07) is 50.3. The van der Waals surface area contributed by atoms with Crippen LogP contribution in [0.2, 0.25) is 0 Å². The van der Waals surface area contributed by atoms with Crippen LogP contribution in [0.25, 0.3) is 65.3 Å². The molecule has 0 N–H and O–H groups in total. The highest BCUT2D eigenvalue weighted by molar-refractivity contribution is 6.38. The fourth-order valence-corrected chi connectivity index (χ4v) is 13.2. The molecule has 0 unspecified atom stereocenters. The maximum atomic E-state index is 7.93. The summed E-state index contributed by atoms with van der Waals surface area (Å²) in [6.45, 7) is 42.3. The summed E-state index contributed by atoms with van der Waals surface area (Å²) in [5, 5.41) is 9.35.